The summed E-state index contributed by atoms with van der Waals surface area (Å²) in [5.74, 6) is -0.140. The third-order valence-electron chi connectivity index (χ3n) is 3.30. The Labute approximate surface area is 107 Å². The monoisotopic (exact) mass is 278 g/mol. The van der Waals surface area contributed by atoms with Crippen LogP contribution in [0.1, 0.15) is 26.2 Å². The molecule has 1 aliphatic carbocycles. The van der Waals surface area contributed by atoms with Crippen LogP contribution in [-0.4, -0.2) is 45.6 Å². The predicted molar refractivity (Wildman–Crippen MR) is 62.4 cm³/mol. The van der Waals surface area contributed by atoms with Gasteiger partial charge in [-0.2, -0.15) is 8.42 Å². The van der Waals surface area contributed by atoms with Gasteiger partial charge in [0.05, 0.1) is 25.1 Å². The molecule has 0 bridgehead atoms. The van der Waals surface area contributed by atoms with E-state index in [4.69, 9.17) is 13.7 Å². The maximum Gasteiger partial charge on any atom is 0.335 e. The number of carbonyl (C=O) groups is 1. The van der Waals surface area contributed by atoms with Crippen molar-refractivity contribution < 1.29 is 26.9 Å². The second kappa shape index (κ2) is 5.14. The highest BCUT2D eigenvalue weighted by Gasteiger charge is 2.46. The fourth-order valence-electron chi connectivity index (χ4n) is 2.71. The summed E-state index contributed by atoms with van der Waals surface area (Å²) in [6.07, 6.45) is 1.86. The van der Waals surface area contributed by atoms with Gasteiger partial charge in [-0.3, -0.25) is 4.18 Å². The van der Waals surface area contributed by atoms with Gasteiger partial charge < -0.3 is 9.47 Å². The molecule has 2 fully saturated rings. The molecule has 1 saturated carbocycles. The summed E-state index contributed by atoms with van der Waals surface area (Å²) >= 11 is 0. The third-order valence-corrected chi connectivity index (χ3v) is 3.92. The van der Waals surface area contributed by atoms with Crippen LogP contribution in [0.15, 0.2) is 0 Å². The molecule has 4 atom stereocenters. The first-order chi connectivity index (χ1) is 8.39. The van der Waals surface area contributed by atoms with Gasteiger partial charge in [-0.05, 0) is 25.7 Å². The van der Waals surface area contributed by atoms with Gasteiger partial charge in [0.1, 0.15) is 0 Å². The maximum absolute atomic E-state index is 11.5. The molecule has 0 aromatic carbocycles. The number of fused-ring (bicyclic) bond motifs is 1. The Bertz CT molecular complexity index is 403. The number of carbonyl (C=O) groups excluding carboxylic acids is 1. The Balaban J connectivity index is 1.86. The van der Waals surface area contributed by atoms with Crippen LogP contribution < -0.4 is 0 Å². The molecule has 0 aromatic rings. The maximum atomic E-state index is 11.5. The first kappa shape index (κ1) is 13.8. The van der Waals surface area contributed by atoms with Gasteiger partial charge in [-0.1, -0.05) is 0 Å². The van der Waals surface area contributed by atoms with Crippen molar-refractivity contribution in [2.75, 3.05) is 12.9 Å². The Kier molecular flexibility index (Phi) is 3.93. The van der Waals surface area contributed by atoms with E-state index >= 15 is 0 Å². The molecule has 6 nitrogen and oxygen atoms in total. The normalized spacial score (nSPS) is 35.4. The molecule has 1 aliphatic heterocycles. The predicted octanol–water partition coefficient (Wildman–Crippen LogP) is 0.462. The molecule has 2 aliphatic rings. The second-order valence-electron chi connectivity index (χ2n) is 4.80. The van der Waals surface area contributed by atoms with Gasteiger partial charge in [0.15, 0.2) is 6.10 Å². The zero-order valence-electron chi connectivity index (χ0n) is 10.5. The number of ether oxygens (including phenoxy) is 2. The van der Waals surface area contributed by atoms with E-state index in [1.807, 2.05) is 0 Å². The minimum atomic E-state index is -3.42. The highest BCUT2D eigenvalue weighted by Crippen LogP contribution is 2.41. The quantitative estimate of drug-likeness (QED) is 0.549. The number of hydrogen-bond donors (Lipinski definition) is 0. The summed E-state index contributed by atoms with van der Waals surface area (Å²) in [5, 5.41) is 0. The summed E-state index contributed by atoms with van der Waals surface area (Å²) in [6, 6.07) is 0. The largest absolute Gasteiger partial charge is 0.464 e. The minimum Gasteiger partial charge on any atom is -0.464 e. The first-order valence-electron chi connectivity index (χ1n) is 6.09. The van der Waals surface area contributed by atoms with Crippen LogP contribution in [0.5, 0.6) is 0 Å². The van der Waals surface area contributed by atoms with Crippen LogP contribution in [0.3, 0.4) is 0 Å². The third kappa shape index (κ3) is 3.21. The van der Waals surface area contributed by atoms with Crippen molar-refractivity contribution in [3.63, 3.8) is 0 Å². The van der Waals surface area contributed by atoms with Crippen molar-refractivity contribution in [1.29, 1.82) is 0 Å². The van der Waals surface area contributed by atoms with E-state index in [1.165, 1.54) is 0 Å². The van der Waals surface area contributed by atoms with Crippen molar-refractivity contribution in [3.8, 4) is 0 Å². The Morgan fingerprint density at radius 2 is 2.06 bits per heavy atom. The molecule has 2 rings (SSSR count). The topological polar surface area (TPSA) is 78.9 Å². The van der Waals surface area contributed by atoms with E-state index in [9.17, 15) is 13.2 Å². The van der Waals surface area contributed by atoms with Crippen molar-refractivity contribution in [2.45, 2.75) is 44.5 Å². The van der Waals surface area contributed by atoms with Crippen molar-refractivity contribution in [3.05, 3.63) is 0 Å². The average molecular weight is 278 g/mol. The SMILES string of the molecule is CCOC(=O)[C@H]1C[C@@H]2C[C@H](OS(C)(=O)=O)C[C@@H]2O1. The summed E-state index contributed by atoms with van der Waals surface area (Å²) in [6.45, 7) is 2.09. The molecule has 0 unspecified atom stereocenters. The van der Waals surface area contributed by atoms with Gasteiger partial charge in [0.2, 0.25) is 0 Å². The summed E-state index contributed by atoms with van der Waals surface area (Å²) in [7, 11) is -3.42. The van der Waals surface area contributed by atoms with Gasteiger partial charge >= 0.3 is 5.97 Å². The van der Waals surface area contributed by atoms with Crippen molar-refractivity contribution in [1.82, 2.24) is 0 Å². The van der Waals surface area contributed by atoms with E-state index < -0.39 is 16.2 Å². The molecule has 0 aromatic heterocycles. The molecule has 0 amide bonds. The lowest BCUT2D eigenvalue weighted by Gasteiger charge is -2.14. The molecule has 0 spiro atoms. The average Bonchev–Trinajstić information content (AvgIpc) is 2.72. The van der Waals surface area contributed by atoms with E-state index in [0.29, 0.717) is 25.9 Å². The van der Waals surface area contributed by atoms with E-state index in [1.54, 1.807) is 6.92 Å². The van der Waals surface area contributed by atoms with Gasteiger partial charge in [0.25, 0.3) is 10.1 Å². The molecule has 0 radical (unpaired) electrons. The molecule has 104 valence electrons. The lowest BCUT2D eigenvalue weighted by molar-refractivity contribution is -0.156. The Hall–Kier alpha value is -0.660. The fraction of sp³-hybridized carbons (Fsp3) is 0.909. The van der Waals surface area contributed by atoms with Crippen LogP contribution >= 0.6 is 0 Å². The highest BCUT2D eigenvalue weighted by molar-refractivity contribution is 7.86. The molecule has 1 heterocycles. The summed E-state index contributed by atoms with van der Waals surface area (Å²) < 4.78 is 37.5. The lowest BCUT2D eigenvalue weighted by Crippen LogP contribution is -2.25. The molecule has 1 saturated heterocycles. The van der Waals surface area contributed by atoms with Crippen LogP contribution in [0.4, 0.5) is 0 Å². The van der Waals surface area contributed by atoms with Crippen LogP contribution in [0, 0.1) is 5.92 Å². The molecule has 7 heteroatoms. The molecule has 0 N–H and O–H groups in total. The fourth-order valence-corrected chi connectivity index (χ4v) is 3.36. The summed E-state index contributed by atoms with van der Waals surface area (Å²) in [4.78, 5) is 11.5. The standard InChI is InChI=1S/C11H18O6S/c1-3-15-11(12)10-5-7-4-8(6-9(7)16-10)17-18(2,13)14/h7-10H,3-6H2,1-2H3/t7-,8-,9-,10+/m0/s1. The number of esters is 1. The van der Waals surface area contributed by atoms with E-state index in [2.05, 4.69) is 0 Å². The number of hydrogen-bond acceptors (Lipinski definition) is 6. The molecule has 18 heavy (non-hydrogen) atoms. The first-order valence-corrected chi connectivity index (χ1v) is 7.91. The van der Waals surface area contributed by atoms with Crippen LogP contribution in [0.25, 0.3) is 0 Å². The van der Waals surface area contributed by atoms with Gasteiger partial charge in [0, 0.05) is 6.42 Å². The number of rotatable bonds is 4. The highest BCUT2D eigenvalue weighted by atomic mass is 32.2. The van der Waals surface area contributed by atoms with E-state index in [0.717, 1.165) is 6.26 Å². The van der Waals surface area contributed by atoms with Gasteiger partial charge in [-0.15, -0.1) is 0 Å². The smallest absolute Gasteiger partial charge is 0.335 e. The van der Waals surface area contributed by atoms with Crippen molar-refractivity contribution in [2.24, 2.45) is 5.92 Å². The van der Waals surface area contributed by atoms with E-state index in [-0.39, 0.29) is 24.1 Å². The molecular weight excluding hydrogens is 260 g/mol. The van der Waals surface area contributed by atoms with Crippen molar-refractivity contribution >= 4 is 16.1 Å². The Morgan fingerprint density at radius 1 is 1.33 bits per heavy atom. The van der Waals surface area contributed by atoms with Crippen LogP contribution in [-0.2, 0) is 28.6 Å². The van der Waals surface area contributed by atoms with Crippen LogP contribution in [0.2, 0.25) is 0 Å². The van der Waals surface area contributed by atoms with Gasteiger partial charge in [-0.25, -0.2) is 4.79 Å². The summed E-state index contributed by atoms with van der Waals surface area (Å²) in [5.41, 5.74) is 0. The second-order valence-corrected chi connectivity index (χ2v) is 6.41. The Morgan fingerprint density at radius 3 is 2.61 bits per heavy atom. The zero-order valence-corrected chi connectivity index (χ0v) is 11.3. The lowest BCUT2D eigenvalue weighted by atomic mass is 10.0. The molecular formula is C11H18O6S. The minimum absolute atomic E-state index is 0.0915. The zero-order chi connectivity index (χ0) is 13.3.